The molecule has 2 rings (SSSR count). The van der Waals surface area contributed by atoms with E-state index in [1.807, 2.05) is 12.3 Å². The van der Waals surface area contributed by atoms with Crippen molar-refractivity contribution in [3.63, 3.8) is 0 Å². The molecule has 0 amide bonds. The average Bonchev–Trinajstić information content (AvgIpc) is 2.29. The van der Waals surface area contributed by atoms with Crippen LogP contribution in [0.1, 0.15) is 19.4 Å². The quantitative estimate of drug-likeness (QED) is 0.846. The van der Waals surface area contributed by atoms with E-state index in [9.17, 15) is 0 Å². The predicted molar refractivity (Wildman–Crippen MR) is 68.6 cm³/mol. The Hall–Kier alpha value is -1.41. The van der Waals surface area contributed by atoms with Crippen molar-refractivity contribution >= 4 is 10.9 Å². The van der Waals surface area contributed by atoms with E-state index in [1.54, 1.807) is 0 Å². The molecule has 2 nitrogen and oxygen atoms in total. The number of rotatable bonds is 4. The second-order valence-corrected chi connectivity index (χ2v) is 4.35. The lowest BCUT2D eigenvalue weighted by molar-refractivity contribution is 0.591. The summed E-state index contributed by atoms with van der Waals surface area (Å²) in [6.07, 6.45) is 2.90. The topological polar surface area (TPSA) is 24.9 Å². The molecule has 0 saturated heterocycles. The summed E-state index contributed by atoms with van der Waals surface area (Å²) in [7, 11) is 0. The highest BCUT2D eigenvalue weighted by Crippen LogP contribution is 2.15. The van der Waals surface area contributed by atoms with Gasteiger partial charge in [0.15, 0.2) is 0 Å². The first kappa shape index (κ1) is 11.1. The molecule has 0 bridgehead atoms. The van der Waals surface area contributed by atoms with Crippen molar-refractivity contribution in [1.29, 1.82) is 0 Å². The monoisotopic (exact) mass is 214 g/mol. The first-order valence-corrected chi connectivity index (χ1v) is 5.83. The minimum Gasteiger partial charge on any atom is -0.314 e. The highest BCUT2D eigenvalue weighted by Gasteiger charge is 2.01. The molecule has 16 heavy (non-hydrogen) atoms. The Morgan fingerprint density at radius 1 is 1.19 bits per heavy atom. The van der Waals surface area contributed by atoms with Gasteiger partial charge in [-0.2, -0.15) is 0 Å². The summed E-state index contributed by atoms with van der Waals surface area (Å²) in [5.41, 5.74) is 2.46. The van der Waals surface area contributed by atoms with Gasteiger partial charge in [-0.1, -0.05) is 38.1 Å². The fourth-order valence-corrected chi connectivity index (χ4v) is 1.86. The van der Waals surface area contributed by atoms with Crippen LogP contribution < -0.4 is 5.32 Å². The van der Waals surface area contributed by atoms with Crippen LogP contribution in [0.15, 0.2) is 36.5 Å². The fraction of sp³-hybridized carbons (Fsp3) is 0.357. The minimum atomic E-state index is 0.544. The lowest BCUT2D eigenvalue weighted by atomic mass is 10.1. The zero-order valence-electron chi connectivity index (χ0n) is 9.90. The Labute approximate surface area is 96.7 Å². The smallest absolute Gasteiger partial charge is 0.0734 e. The molecule has 84 valence electrons. The number of hydrogen-bond acceptors (Lipinski definition) is 2. The first-order chi connectivity index (χ1) is 7.77. The van der Waals surface area contributed by atoms with E-state index in [0.29, 0.717) is 6.04 Å². The Morgan fingerprint density at radius 2 is 2.00 bits per heavy atom. The van der Waals surface area contributed by atoms with Gasteiger partial charge < -0.3 is 5.32 Å². The second kappa shape index (κ2) is 5.08. The molecule has 1 aromatic carbocycles. The highest BCUT2D eigenvalue weighted by atomic mass is 14.9. The molecule has 0 spiro atoms. The summed E-state index contributed by atoms with van der Waals surface area (Å²) in [4.78, 5) is 4.45. The van der Waals surface area contributed by atoms with Gasteiger partial charge in [-0.3, -0.25) is 4.98 Å². The van der Waals surface area contributed by atoms with Crippen molar-refractivity contribution in [2.75, 3.05) is 6.54 Å². The van der Waals surface area contributed by atoms with E-state index in [-0.39, 0.29) is 0 Å². The van der Waals surface area contributed by atoms with Crippen LogP contribution in [-0.2, 0) is 6.42 Å². The molecule has 0 aliphatic rings. The summed E-state index contributed by atoms with van der Waals surface area (Å²) in [6, 6.07) is 11.0. The number of pyridine rings is 1. The third-order valence-corrected chi connectivity index (χ3v) is 2.66. The summed E-state index contributed by atoms with van der Waals surface area (Å²) in [5, 5.41) is 4.66. The van der Waals surface area contributed by atoms with Gasteiger partial charge in [0.05, 0.1) is 5.52 Å². The van der Waals surface area contributed by atoms with Crippen molar-refractivity contribution in [3.05, 3.63) is 42.1 Å². The zero-order valence-corrected chi connectivity index (χ0v) is 9.90. The molecule has 0 aliphatic heterocycles. The Balaban J connectivity index is 2.17. The van der Waals surface area contributed by atoms with Gasteiger partial charge in [-0.15, -0.1) is 0 Å². The molecule has 0 atom stereocenters. The lowest BCUT2D eigenvalue weighted by Gasteiger charge is -2.09. The number of benzene rings is 1. The molecule has 1 aromatic heterocycles. The molecule has 0 unspecified atom stereocenters. The number of hydrogen-bond donors (Lipinski definition) is 1. The van der Waals surface area contributed by atoms with Crippen molar-refractivity contribution < 1.29 is 0 Å². The average molecular weight is 214 g/mol. The van der Waals surface area contributed by atoms with Crippen molar-refractivity contribution in [3.8, 4) is 0 Å². The lowest BCUT2D eigenvalue weighted by Crippen LogP contribution is -2.25. The van der Waals surface area contributed by atoms with Crippen molar-refractivity contribution in [2.24, 2.45) is 0 Å². The second-order valence-electron chi connectivity index (χ2n) is 4.35. The molecule has 0 aliphatic carbocycles. The maximum atomic E-state index is 4.45. The van der Waals surface area contributed by atoms with E-state index < -0.39 is 0 Å². The largest absolute Gasteiger partial charge is 0.314 e. The molecule has 0 radical (unpaired) electrons. The van der Waals surface area contributed by atoms with Crippen LogP contribution in [-0.4, -0.2) is 17.6 Å². The van der Waals surface area contributed by atoms with Crippen LogP contribution in [0.5, 0.6) is 0 Å². The number of para-hydroxylation sites is 1. The van der Waals surface area contributed by atoms with Gasteiger partial charge in [0.2, 0.25) is 0 Å². The summed E-state index contributed by atoms with van der Waals surface area (Å²) < 4.78 is 0. The number of fused-ring (bicyclic) bond motifs is 1. The van der Waals surface area contributed by atoms with E-state index >= 15 is 0 Å². The van der Waals surface area contributed by atoms with E-state index in [2.05, 4.69) is 48.4 Å². The number of nitrogens with zero attached hydrogens (tertiary/aromatic N) is 1. The summed E-state index contributed by atoms with van der Waals surface area (Å²) in [5.74, 6) is 0. The van der Waals surface area contributed by atoms with E-state index in [1.165, 1.54) is 10.9 Å². The number of aromatic nitrogens is 1. The molecule has 1 heterocycles. The van der Waals surface area contributed by atoms with Gasteiger partial charge >= 0.3 is 0 Å². The number of nitrogens with one attached hydrogen (secondary N) is 1. The van der Waals surface area contributed by atoms with Crippen LogP contribution in [0.2, 0.25) is 0 Å². The normalized spacial score (nSPS) is 11.2. The van der Waals surface area contributed by atoms with Crippen LogP contribution in [0.4, 0.5) is 0 Å². The molecule has 1 N–H and O–H groups in total. The Morgan fingerprint density at radius 3 is 2.81 bits per heavy atom. The fourth-order valence-electron chi connectivity index (χ4n) is 1.86. The SMILES string of the molecule is CC(C)NCCc1cccc2cccnc12. The standard InChI is InChI=1S/C14H18N2/c1-11(2)15-10-8-13-6-3-5-12-7-4-9-16-14(12)13/h3-7,9,11,15H,8,10H2,1-2H3. The van der Waals surface area contributed by atoms with E-state index in [0.717, 1.165) is 18.5 Å². The predicted octanol–water partition coefficient (Wildman–Crippen LogP) is 2.78. The highest BCUT2D eigenvalue weighted by molar-refractivity contribution is 5.81. The van der Waals surface area contributed by atoms with Gasteiger partial charge in [0.25, 0.3) is 0 Å². The third kappa shape index (κ3) is 2.58. The van der Waals surface area contributed by atoms with Gasteiger partial charge in [0, 0.05) is 17.6 Å². The minimum absolute atomic E-state index is 0.544. The maximum Gasteiger partial charge on any atom is 0.0734 e. The molecule has 0 saturated carbocycles. The summed E-state index contributed by atoms with van der Waals surface area (Å²) >= 11 is 0. The molecule has 2 aromatic rings. The van der Waals surface area contributed by atoms with Crippen LogP contribution in [0.25, 0.3) is 10.9 Å². The molecule has 2 heteroatoms. The zero-order chi connectivity index (χ0) is 11.4. The third-order valence-electron chi connectivity index (χ3n) is 2.66. The van der Waals surface area contributed by atoms with E-state index in [4.69, 9.17) is 0 Å². The Bertz CT molecular complexity index is 458. The maximum absolute atomic E-state index is 4.45. The van der Waals surface area contributed by atoms with Crippen LogP contribution >= 0.6 is 0 Å². The van der Waals surface area contributed by atoms with Gasteiger partial charge in [0.1, 0.15) is 0 Å². The molecular weight excluding hydrogens is 196 g/mol. The Kier molecular flexibility index (Phi) is 3.52. The van der Waals surface area contributed by atoms with Crippen molar-refractivity contribution in [1.82, 2.24) is 10.3 Å². The van der Waals surface area contributed by atoms with Gasteiger partial charge in [-0.25, -0.2) is 0 Å². The van der Waals surface area contributed by atoms with Crippen LogP contribution in [0.3, 0.4) is 0 Å². The summed E-state index contributed by atoms with van der Waals surface area (Å²) in [6.45, 7) is 5.34. The molecule has 0 fully saturated rings. The van der Waals surface area contributed by atoms with Crippen LogP contribution in [0, 0.1) is 0 Å². The van der Waals surface area contributed by atoms with Crippen molar-refractivity contribution in [2.45, 2.75) is 26.3 Å². The molecular formula is C14H18N2. The first-order valence-electron chi connectivity index (χ1n) is 5.83. The van der Waals surface area contributed by atoms with Gasteiger partial charge in [-0.05, 0) is 24.6 Å².